The van der Waals surface area contributed by atoms with Crippen molar-refractivity contribution < 1.29 is 18.3 Å². The molecule has 0 unspecified atom stereocenters. The van der Waals surface area contributed by atoms with Crippen molar-refractivity contribution in [3.63, 3.8) is 0 Å². The fourth-order valence-corrected chi connectivity index (χ4v) is 0.473. The number of alkyl halides is 3. The van der Waals surface area contributed by atoms with E-state index in [0.717, 1.165) is 35.8 Å². The molecule has 2 nitrogen and oxygen atoms in total. The van der Waals surface area contributed by atoms with E-state index in [4.69, 9.17) is 0 Å². The first-order valence-electron chi connectivity index (χ1n) is 2.71. The van der Waals surface area contributed by atoms with Gasteiger partial charge in [0.1, 0.15) is 0 Å². The van der Waals surface area contributed by atoms with Crippen molar-refractivity contribution in [2.24, 2.45) is 0 Å². The highest BCUT2D eigenvalue weighted by molar-refractivity contribution is 14.1. The van der Waals surface area contributed by atoms with E-state index in [1.54, 1.807) is 0 Å². The summed E-state index contributed by atoms with van der Waals surface area (Å²) in [7, 11) is 1.14. The smallest absolute Gasteiger partial charge is 0.330 e. The van der Waals surface area contributed by atoms with Crippen LogP contribution in [0.2, 0.25) is 0 Å². The molecule has 0 aliphatic heterocycles. The lowest BCUT2D eigenvalue weighted by molar-refractivity contribution is -0.135. The summed E-state index contributed by atoms with van der Waals surface area (Å²) in [5.41, 5.74) is -0.315. The SMILES string of the molecule is COC(=O)/C=C(\C)C(F)(F)I. The molecule has 0 rings (SSSR count). The standard InChI is InChI=1S/C6H7F2IO2/c1-4(6(7,8)9)3-5(10)11-2/h3H,1-2H3/b4-3+. The zero-order valence-corrected chi connectivity index (χ0v) is 8.19. The Morgan fingerprint density at radius 2 is 2.09 bits per heavy atom. The lowest BCUT2D eigenvalue weighted by Crippen LogP contribution is -2.09. The molecule has 0 aromatic rings. The largest absolute Gasteiger partial charge is 0.466 e. The minimum absolute atomic E-state index is 0.315. The molecule has 0 bridgehead atoms. The zero-order chi connectivity index (χ0) is 9.07. The summed E-state index contributed by atoms with van der Waals surface area (Å²) in [6, 6.07) is 0. The maximum Gasteiger partial charge on any atom is 0.330 e. The number of halogens is 3. The highest BCUT2D eigenvalue weighted by Gasteiger charge is 2.26. The number of allylic oxidation sites excluding steroid dienone is 1. The second-order valence-electron chi connectivity index (χ2n) is 1.85. The Hall–Kier alpha value is -0.200. The third-order valence-electron chi connectivity index (χ3n) is 0.983. The summed E-state index contributed by atoms with van der Waals surface area (Å²) in [5, 5.41) is 0. The molecule has 0 saturated heterocycles. The summed E-state index contributed by atoms with van der Waals surface area (Å²) >= 11 is 0.943. The van der Waals surface area contributed by atoms with Gasteiger partial charge in [-0.15, -0.1) is 0 Å². The number of carbonyl (C=O) groups excluding carboxylic acids is 1. The van der Waals surface area contributed by atoms with Gasteiger partial charge in [-0.1, -0.05) is 0 Å². The highest BCUT2D eigenvalue weighted by Crippen LogP contribution is 2.30. The molecule has 0 heterocycles. The minimum Gasteiger partial charge on any atom is -0.466 e. The Kier molecular flexibility index (Phi) is 3.91. The maximum atomic E-state index is 12.3. The van der Waals surface area contributed by atoms with Crippen LogP contribution in [0.5, 0.6) is 0 Å². The number of rotatable bonds is 2. The van der Waals surface area contributed by atoms with Gasteiger partial charge in [0.15, 0.2) is 0 Å². The number of esters is 1. The van der Waals surface area contributed by atoms with E-state index in [9.17, 15) is 13.6 Å². The molecule has 0 aromatic heterocycles. The first-order valence-corrected chi connectivity index (χ1v) is 3.79. The molecule has 0 spiro atoms. The van der Waals surface area contributed by atoms with Crippen LogP contribution >= 0.6 is 22.6 Å². The second-order valence-corrected chi connectivity index (χ2v) is 3.20. The van der Waals surface area contributed by atoms with Crippen LogP contribution in [0.4, 0.5) is 8.78 Å². The Balaban J connectivity index is 4.35. The van der Waals surface area contributed by atoms with Crippen LogP contribution < -0.4 is 0 Å². The van der Waals surface area contributed by atoms with E-state index < -0.39 is 9.90 Å². The van der Waals surface area contributed by atoms with Crippen molar-refractivity contribution in [2.75, 3.05) is 7.11 Å². The molecule has 11 heavy (non-hydrogen) atoms. The van der Waals surface area contributed by atoms with E-state index in [2.05, 4.69) is 4.74 Å². The topological polar surface area (TPSA) is 26.3 Å². The Labute approximate surface area is 76.7 Å². The van der Waals surface area contributed by atoms with Gasteiger partial charge in [-0.3, -0.25) is 0 Å². The van der Waals surface area contributed by atoms with E-state index in [1.807, 2.05) is 0 Å². The summed E-state index contributed by atoms with van der Waals surface area (Å²) in [5.74, 6) is -0.765. The van der Waals surface area contributed by atoms with E-state index in [1.165, 1.54) is 6.92 Å². The summed E-state index contributed by atoms with van der Waals surface area (Å²) in [6.45, 7) is 1.17. The fraction of sp³-hybridized carbons (Fsp3) is 0.500. The fourth-order valence-electron chi connectivity index (χ4n) is 0.318. The van der Waals surface area contributed by atoms with Crippen LogP contribution in [0, 0.1) is 0 Å². The summed E-state index contributed by atoms with van der Waals surface area (Å²) in [4.78, 5) is 10.4. The van der Waals surface area contributed by atoms with Crippen LogP contribution in [-0.4, -0.2) is 17.0 Å². The van der Waals surface area contributed by atoms with Gasteiger partial charge in [0.2, 0.25) is 0 Å². The summed E-state index contributed by atoms with van der Waals surface area (Å²) in [6.07, 6.45) is 0.770. The van der Waals surface area contributed by atoms with Crippen molar-refractivity contribution in [2.45, 2.75) is 10.9 Å². The van der Waals surface area contributed by atoms with Gasteiger partial charge in [0.05, 0.1) is 7.11 Å². The van der Waals surface area contributed by atoms with Crippen molar-refractivity contribution in [1.82, 2.24) is 0 Å². The second kappa shape index (κ2) is 3.99. The van der Waals surface area contributed by atoms with Gasteiger partial charge in [0, 0.05) is 34.2 Å². The van der Waals surface area contributed by atoms with Crippen LogP contribution in [0.15, 0.2) is 11.6 Å². The van der Waals surface area contributed by atoms with Crippen LogP contribution in [0.25, 0.3) is 0 Å². The van der Waals surface area contributed by atoms with Gasteiger partial charge in [-0.25, -0.2) is 4.79 Å². The normalized spacial score (nSPS) is 13.0. The number of hydrogen-bond acceptors (Lipinski definition) is 2. The Bertz CT molecular complexity index is 184. The third-order valence-corrected chi connectivity index (χ3v) is 1.83. The van der Waals surface area contributed by atoms with Crippen molar-refractivity contribution in [3.05, 3.63) is 11.6 Å². The quantitative estimate of drug-likeness (QED) is 0.334. The molecular weight excluding hydrogens is 269 g/mol. The van der Waals surface area contributed by atoms with Crippen molar-refractivity contribution in [1.29, 1.82) is 0 Å². The number of methoxy groups -OCH3 is 1. The highest BCUT2D eigenvalue weighted by atomic mass is 127. The molecule has 0 aliphatic carbocycles. The Morgan fingerprint density at radius 3 is 2.36 bits per heavy atom. The zero-order valence-electron chi connectivity index (χ0n) is 6.03. The molecule has 0 N–H and O–H groups in total. The molecule has 5 heteroatoms. The molecule has 0 radical (unpaired) electrons. The van der Waals surface area contributed by atoms with Gasteiger partial charge in [-0.2, -0.15) is 8.78 Å². The molecule has 64 valence electrons. The Morgan fingerprint density at radius 1 is 1.64 bits per heavy atom. The van der Waals surface area contributed by atoms with Gasteiger partial charge < -0.3 is 4.74 Å². The van der Waals surface area contributed by atoms with E-state index in [-0.39, 0.29) is 5.57 Å². The number of ether oxygens (including phenoxy) is 1. The lowest BCUT2D eigenvalue weighted by atomic mass is 10.3. The van der Waals surface area contributed by atoms with Gasteiger partial charge in [-0.05, 0) is 6.92 Å². The van der Waals surface area contributed by atoms with Crippen molar-refractivity contribution in [3.8, 4) is 0 Å². The van der Waals surface area contributed by atoms with Crippen molar-refractivity contribution >= 4 is 28.6 Å². The van der Waals surface area contributed by atoms with Gasteiger partial charge >= 0.3 is 9.90 Å². The molecule has 0 amide bonds. The molecule has 0 fully saturated rings. The summed E-state index contributed by atoms with van der Waals surface area (Å²) < 4.78 is 25.8. The molecular formula is C6H7F2IO2. The monoisotopic (exact) mass is 276 g/mol. The molecule has 0 aromatic carbocycles. The van der Waals surface area contributed by atoms with Crippen LogP contribution in [-0.2, 0) is 9.53 Å². The average molecular weight is 276 g/mol. The van der Waals surface area contributed by atoms with Crippen LogP contribution in [0.1, 0.15) is 6.92 Å². The predicted molar refractivity (Wildman–Crippen MR) is 44.7 cm³/mol. The van der Waals surface area contributed by atoms with Gasteiger partial charge in [0.25, 0.3) is 0 Å². The maximum absolute atomic E-state index is 12.3. The molecule has 0 aliphatic rings. The van der Waals surface area contributed by atoms with E-state index in [0.29, 0.717) is 0 Å². The van der Waals surface area contributed by atoms with Crippen LogP contribution in [0.3, 0.4) is 0 Å². The number of carbonyl (C=O) groups is 1. The third kappa shape index (κ3) is 4.28. The van der Waals surface area contributed by atoms with E-state index >= 15 is 0 Å². The minimum atomic E-state index is -2.98. The molecule has 0 saturated carbocycles. The first kappa shape index (κ1) is 10.8. The predicted octanol–water partition coefficient (Wildman–Crippen LogP) is 2.13. The molecule has 0 atom stereocenters. The first-order chi connectivity index (χ1) is 4.88. The number of hydrogen-bond donors (Lipinski definition) is 0. The lowest BCUT2D eigenvalue weighted by Gasteiger charge is -2.06. The average Bonchev–Trinajstić information content (AvgIpc) is 1.85.